The number of halogens is 1. The normalized spacial score (nSPS) is 13.6. The molecule has 24 heavy (non-hydrogen) atoms. The molecule has 0 saturated heterocycles. The van der Waals surface area contributed by atoms with Gasteiger partial charge in [0.05, 0.1) is 12.1 Å². The number of aromatic nitrogens is 3. The van der Waals surface area contributed by atoms with E-state index < -0.39 is 17.1 Å². The van der Waals surface area contributed by atoms with E-state index in [2.05, 4.69) is 15.4 Å². The van der Waals surface area contributed by atoms with E-state index in [9.17, 15) is 19.6 Å². The molecule has 124 valence electrons. The zero-order chi connectivity index (χ0) is 17.3. The fourth-order valence-electron chi connectivity index (χ4n) is 2.32. The van der Waals surface area contributed by atoms with E-state index >= 15 is 0 Å². The summed E-state index contributed by atoms with van der Waals surface area (Å²) in [5.74, 6) is -0.288. The van der Waals surface area contributed by atoms with Gasteiger partial charge in [0.1, 0.15) is 12.0 Å². The molecular formula is C15H14FN5O3. The predicted molar refractivity (Wildman–Crippen MR) is 84.1 cm³/mol. The number of rotatable bonds is 5. The molecule has 2 heterocycles. The van der Waals surface area contributed by atoms with Crippen LogP contribution in [0.5, 0.6) is 0 Å². The van der Waals surface area contributed by atoms with Gasteiger partial charge in [0.15, 0.2) is 5.82 Å². The maximum atomic E-state index is 12.9. The molecule has 0 radical (unpaired) electrons. The maximum absolute atomic E-state index is 12.9. The Hall–Kier alpha value is -3.07. The molecule has 2 atom stereocenters. The van der Waals surface area contributed by atoms with Crippen LogP contribution in [0.2, 0.25) is 0 Å². The number of aliphatic hydroxyl groups is 1. The number of nitro groups is 1. The molecule has 0 aliphatic carbocycles. The quantitative estimate of drug-likeness (QED) is 0.549. The molecule has 8 nitrogen and oxygen atoms in total. The molecule has 0 aliphatic heterocycles. The van der Waals surface area contributed by atoms with E-state index in [1.807, 2.05) is 0 Å². The minimum absolute atomic E-state index is 0.250. The highest BCUT2D eigenvalue weighted by molar-refractivity contribution is 5.48. The summed E-state index contributed by atoms with van der Waals surface area (Å²) < 4.78 is 14.1. The van der Waals surface area contributed by atoms with Gasteiger partial charge in [0.2, 0.25) is 5.65 Å². The Morgan fingerprint density at radius 1 is 1.29 bits per heavy atom. The first-order chi connectivity index (χ1) is 11.5. The van der Waals surface area contributed by atoms with Crippen LogP contribution in [0, 0.1) is 15.9 Å². The summed E-state index contributed by atoms with van der Waals surface area (Å²) >= 11 is 0. The van der Waals surface area contributed by atoms with E-state index in [0.717, 1.165) is 10.7 Å². The van der Waals surface area contributed by atoms with Crippen LogP contribution in [0.1, 0.15) is 18.6 Å². The van der Waals surface area contributed by atoms with Gasteiger partial charge in [-0.15, -0.1) is 0 Å². The molecule has 3 aromatic rings. The van der Waals surface area contributed by atoms with Crippen LogP contribution in [-0.4, -0.2) is 30.7 Å². The van der Waals surface area contributed by atoms with Crippen molar-refractivity contribution in [2.24, 2.45) is 0 Å². The average Bonchev–Trinajstić information content (AvgIpc) is 2.98. The van der Waals surface area contributed by atoms with Crippen molar-refractivity contribution in [3.05, 3.63) is 64.1 Å². The Morgan fingerprint density at radius 3 is 2.67 bits per heavy atom. The number of nitrogens with zero attached hydrogens (tertiary/aromatic N) is 4. The van der Waals surface area contributed by atoms with Crippen molar-refractivity contribution in [3.63, 3.8) is 0 Å². The lowest BCUT2D eigenvalue weighted by atomic mass is 10.0. The van der Waals surface area contributed by atoms with Crippen molar-refractivity contribution >= 4 is 17.3 Å². The van der Waals surface area contributed by atoms with Gasteiger partial charge in [-0.3, -0.25) is 0 Å². The molecule has 0 fully saturated rings. The summed E-state index contributed by atoms with van der Waals surface area (Å²) in [5.41, 5.74) is 0.894. The highest BCUT2D eigenvalue weighted by Gasteiger charge is 2.20. The molecule has 0 amide bonds. The fourth-order valence-corrected chi connectivity index (χ4v) is 2.32. The second-order valence-electron chi connectivity index (χ2n) is 5.29. The fraction of sp³-hybridized carbons (Fsp3) is 0.200. The topological polar surface area (TPSA) is 106 Å². The second-order valence-corrected chi connectivity index (χ2v) is 5.29. The predicted octanol–water partition coefficient (Wildman–Crippen LogP) is 2.31. The highest BCUT2D eigenvalue weighted by Crippen LogP contribution is 2.21. The van der Waals surface area contributed by atoms with Gasteiger partial charge in [0.25, 0.3) is 0 Å². The number of nitrogens with one attached hydrogen (secondary N) is 1. The zero-order valence-corrected chi connectivity index (χ0v) is 12.6. The highest BCUT2D eigenvalue weighted by atomic mass is 19.1. The van der Waals surface area contributed by atoms with E-state index in [-0.39, 0.29) is 11.6 Å². The van der Waals surface area contributed by atoms with Crippen LogP contribution in [0.4, 0.5) is 16.0 Å². The monoisotopic (exact) mass is 331 g/mol. The van der Waals surface area contributed by atoms with Crippen molar-refractivity contribution in [3.8, 4) is 0 Å². The van der Waals surface area contributed by atoms with Crippen molar-refractivity contribution in [1.29, 1.82) is 0 Å². The molecule has 0 unspecified atom stereocenters. The van der Waals surface area contributed by atoms with Gasteiger partial charge < -0.3 is 20.5 Å². The first kappa shape index (κ1) is 15.8. The van der Waals surface area contributed by atoms with Crippen LogP contribution in [0.15, 0.2) is 42.6 Å². The third kappa shape index (κ3) is 3.01. The van der Waals surface area contributed by atoms with E-state index in [4.69, 9.17) is 0 Å². The Morgan fingerprint density at radius 2 is 2.00 bits per heavy atom. The van der Waals surface area contributed by atoms with Crippen LogP contribution < -0.4 is 5.32 Å². The third-order valence-electron chi connectivity index (χ3n) is 3.59. The van der Waals surface area contributed by atoms with E-state index in [1.165, 1.54) is 24.3 Å². The number of imidazole rings is 1. The zero-order valence-electron chi connectivity index (χ0n) is 12.6. The average molecular weight is 331 g/mol. The molecular weight excluding hydrogens is 317 g/mol. The third-order valence-corrected chi connectivity index (χ3v) is 3.59. The second kappa shape index (κ2) is 6.20. The molecule has 3 rings (SSSR count). The Balaban J connectivity index is 1.82. The number of benzene rings is 1. The summed E-state index contributed by atoms with van der Waals surface area (Å²) in [6, 6.07) is 8.27. The first-order valence-corrected chi connectivity index (χ1v) is 7.15. The van der Waals surface area contributed by atoms with Crippen molar-refractivity contribution in [2.45, 2.75) is 19.1 Å². The van der Waals surface area contributed by atoms with Gasteiger partial charge in [0, 0.05) is 6.07 Å². The lowest BCUT2D eigenvalue weighted by Gasteiger charge is -2.20. The first-order valence-electron chi connectivity index (χ1n) is 7.15. The van der Waals surface area contributed by atoms with Crippen LogP contribution in [0.3, 0.4) is 0 Å². The number of aliphatic hydroxyl groups excluding tert-OH is 1. The van der Waals surface area contributed by atoms with Gasteiger partial charge >= 0.3 is 5.82 Å². The van der Waals surface area contributed by atoms with Gasteiger partial charge in [-0.25, -0.2) is 9.37 Å². The van der Waals surface area contributed by atoms with Crippen LogP contribution in [0.25, 0.3) is 5.65 Å². The minimum Gasteiger partial charge on any atom is -0.386 e. The van der Waals surface area contributed by atoms with Crippen LogP contribution in [-0.2, 0) is 0 Å². The van der Waals surface area contributed by atoms with Crippen molar-refractivity contribution in [1.82, 2.24) is 14.6 Å². The molecule has 1 aromatic carbocycles. The Bertz CT molecular complexity index is 880. The molecule has 2 aromatic heterocycles. The summed E-state index contributed by atoms with van der Waals surface area (Å²) in [7, 11) is 0. The lowest BCUT2D eigenvalue weighted by molar-refractivity contribution is -0.391. The molecule has 2 N–H and O–H groups in total. The molecule has 0 bridgehead atoms. The van der Waals surface area contributed by atoms with E-state index in [0.29, 0.717) is 17.0 Å². The number of fused-ring (bicyclic) bond motifs is 1. The van der Waals surface area contributed by atoms with E-state index in [1.54, 1.807) is 19.1 Å². The number of hydrogen-bond donors (Lipinski definition) is 2. The summed E-state index contributed by atoms with van der Waals surface area (Å²) in [6.07, 6.45) is 0.226. The van der Waals surface area contributed by atoms with Crippen molar-refractivity contribution in [2.75, 3.05) is 5.32 Å². The molecule has 0 saturated carbocycles. The summed E-state index contributed by atoms with van der Waals surface area (Å²) in [6.45, 7) is 1.72. The molecule has 9 heteroatoms. The number of anilines is 1. The molecule has 0 spiro atoms. The maximum Gasteiger partial charge on any atom is 0.368 e. The number of hydrogen-bond acceptors (Lipinski definition) is 6. The summed E-state index contributed by atoms with van der Waals surface area (Å²) in [5, 5.41) is 28.4. The van der Waals surface area contributed by atoms with Gasteiger partial charge in [-0.05, 0) is 35.6 Å². The SMILES string of the molecule is C[C@@H](Nc1ccc2ncc([N+](=O)[O-])n2n1)[C@@H](O)c1ccc(F)cc1. The molecule has 0 aliphatic rings. The smallest absolute Gasteiger partial charge is 0.368 e. The van der Waals surface area contributed by atoms with Crippen LogP contribution >= 0.6 is 0 Å². The van der Waals surface area contributed by atoms with Crippen molar-refractivity contribution < 1.29 is 14.4 Å². The largest absolute Gasteiger partial charge is 0.386 e. The standard InChI is InChI=1S/C15H14FN5O3/c1-9(15(22)10-2-4-11(16)5-3-10)18-12-6-7-13-17-8-14(21(23)24)20(13)19-12/h2-9,15,22H,1H3,(H,18,19)/t9-,15-/m1/s1. The summed E-state index contributed by atoms with van der Waals surface area (Å²) in [4.78, 5) is 14.3. The Kier molecular flexibility index (Phi) is 4.09. The Labute approximate surface area is 135 Å². The minimum atomic E-state index is -0.902. The van der Waals surface area contributed by atoms with Gasteiger partial charge in [-0.1, -0.05) is 21.7 Å². The van der Waals surface area contributed by atoms with Gasteiger partial charge in [-0.2, -0.15) is 0 Å². The lowest BCUT2D eigenvalue weighted by Crippen LogP contribution is -2.25.